The fourth-order valence-electron chi connectivity index (χ4n) is 9.73. The molecule has 6 heteroatoms. The van der Waals surface area contributed by atoms with E-state index in [4.69, 9.17) is 30.6 Å². The largest absolute Gasteiger partial charge is 0.455 e. The minimum atomic E-state index is -0.473. The highest BCUT2D eigenvalue weighted by Crippen LogP contribution is 2.42. The van der Waals surface area contributed by atoms with Gasteiger partial charge in [-0.05, 0) is 70.4 Å². The average molecular weight is 864 g/mol. The molecule has 312 valence electrons. The normalized spacial score (nSPS) is 13.3. The van der Waals surface area contributed by atoms with Gasteiger partial charge in [-0.2, -0.15) is 0 Å². The summed E-state index contributed by atoms with van der Waals surface area (Å²) in [6.07, 6.45) is 0. The minimum absolute atomic E-state index is 0.0539. The molecule has 0 fully saturated rings. The minimum Gasteiger partial charge on any atom is -0.455 e. The van der Waals surface area contributed by atoms with Crippen LogP contribution in [0.4, 0.5) is 0 Å². The van der Waals surface area contributed by atoms with Gasteiger partial charge in [0.1, 0.15) is 22.3 Å². The van der Waals surface area contributed by atoms with Crippen LogP contribution >= 0.6 is 0 Å². The summed E-state index contributed by atoms with van der Waals surface area (Å²) in [4.78, 5) is 15.6. The topological polar surface area (TPSA) is 69.9 Å². The summed E-state index contributed by atoms with van der Waals surface area (Å²) in [7, 11) is 0. The number of benzene rings is 10. The van der Waals surface area contributed by atoms with E-state index in [1.54, 1.807) is 16.7 Å². The van der Waals surface area contributed by atoms with Crippen LogP contribution in [0, 0.1) is 0 Å². The summed E-state index contributed by atoms with van der Waals surface area (Å²) in [5.74, 6) is 1.03. The maximum absolute atomic E-state index is 9.22. The van der Waals surface area contributed by atoms with Crippen molar-refractivity contribution in [1.29, 1.82) is 0 Å². The molecule has 4 aromatic heterocycles. The summed E-state index contributed by atoms with van der Waals surface area (Å²) < 4.78 is 77.1. The van der Waals surface area contributed by atoms with E-state index >= 15 is 0 Å². The first kappa shape index (κ1) is 30.9. The van der Waals surface area contributed by atoms with Crippen molar-refractivity contribution in [2.24, 2.45) is 0 Å². The molecule has 0 atom stereocenters. The molecule has 0 amide bonds. The van der Waals surface area contributed by atoms with Crippen molar-refractivity contribution >= 4 is 76.5 Å². The number of aromatic nitrogens is 4. The number of furan rings is 2. The molecule has 0 spiro atoms. The lowest BCUT2D eigenvalue weighted by molar-refractivity contribution is 0.669. The number of fused-ring (bicyclic) bond motifs is 10. The van der Waals surface area contributed by atoms with E-state index < -0.39 is 12.1 Å². The first-order valence-electron chi connectivity index (χ1n) is 25.4. The molecule has 0 N–H and O–H groups in total. The summed E-state index contributed by atoms with van der Waals surface area (Å²) in [6, 6.07) is 55.0. The zero-order chi connectivity index (χ0) is 50.1. The molecule has 0 saturated carbocycles. The van der Waals surface area contributed by atoms with Gasteiger partial charge in [0, 0.05) is 60.1 Å². The predicted octanol–water partition coefficient (Wildman–Crippen LogP) is 16.3. The molecular formula is C61H36N4O2. The van der Waals surface area contributed by atoms with Gasteiger partial charge < -0.3 is 13.4 Å². The van der Waals surface area contributed by atoms with Gasteiger partial charge in [-0.25, -0.2) is 15.0 Å². The van der Waals surface area contributed by atoms with Crippen LogP contribution in [0.3, 0.4) is 0 Å². The monoisotopic (exact) mass is 863 g/mol. The highest BCUT2D eigenvalue weighted by Gasteiger charge is 2.21. The SMILES string of the molecule is [2H]c1cc([2H])c2c(c1[2H])c1c([2H])c([2H])c([2H])c([2H])c1n2-c1ccccc1-c1nc(-c2cccc(-c3cccc4c3oc3ccc(-c5cccc6c5oc5ccccc56)cc34)c2)nc(-c2cccc3ccccc23)n1. The van der Waals surface area contributed by atoms with Crippen LogP contribution in [0.1, 0.15) is 9.60 Å². The second-order valence-corrected chi connectivity index (χ2v) is 16.5. The third-order valence-corrected chi connectivity index (χ3v) is 12.8. The predicted molar refractivity (Wildman–Crippen MR) is 273 cm³/mol. The third kappa shape index (κ3) is 5.86. The van der Waals surface area contributed by atoms with Gasteiger partial charge in [0.05, 0.1) is 26.3 Å². The lowest BCUT2D eigenvalue weighted by atomic mass is 9.98. The van der Waals surface area contributed by atoms with Crippen LogP contribution in [0.25, 0.3) is 139 Å². The molecule has 0 saturated heterocycles. The Morgan fingerprint density at radius 2 is 0.925 bits per heavy atom. The lowest BCUT2D eigenvalue weighted by Gasteiger charge is -2.15. The van der Waals surface area contributed by atoms with Gasteiger partial charge in [-0.15, -0.1) is 0 Å². The highest BCUT2D eigenvalue weighted by molar-refractivity contribution is 6.14. The highest BCUT2D eigenvalue weighted by atomic mass is 16.3. The Morgan fingerprint density at radius 3 is 1.79 bits per heavy atom. The smallest absolute Gasteiger partial charge is 0.166 e. The second kappa shape index (κ2) is 14.7. The van der Waals surface area contributed by atoms with Gasteiger partial charge in [-0.1, -0.05) is 170 Å². The van der Waals surface area contributed by atoms with Crippen LogP contribution in [0.5, 0.6) is 0 Å². The van der Waals surface area contributed by atoms with Gasteiger partial charge in [-0.3, -0.25) is 0 Å². The zero-order valence-corrected chi connectivity index (χ0v) is 35.3. The van der Waals surface area contributed by atoms with Gasteiger partial charge >= 0.3 is 0 Å². The molecule has 14 aromatic rings. The molecule has 6 nitrogen and oxygen atoms in total. The summed E-state index contributed by atoms with van der Waals surface area (Å²) in [5.41, 5.74) is 9.50. The maximum Gasteiger partial charge on any atom is 0.166 e. The van der Waals surface area contributed by atoms with Crippen LogP contribution in [0.15, 0.2) is 227 Å². The lowest BCUT2D eigenvalue weighted by Crippen LogP contribution is -2.04. The van der Waals surface area contributed by atoms with Crippen molar-refractivity contribution < 1.29 is 18.4 Å². The molecule has 0 aliphatic carbocycles. The van der Waals surface area contributed by atoms with Crippen LogP contribution in [0.2, 0.25) is 0 Å². The fraction of sp³-hybridized carbons (Fsp3) is 0. The van der Waals surface area contributed by atoms with E-state index in [0.717, 1.165) is 82.5 Å². The van der Waals surface area contributed by atoms with Crippen molar-refractivity contribution in [1.82, 2.24) is 19.5 Å². The Labute approximate surface area is 393 Å². The van der Waals surface area contributed by atoms with E-state index in [2.05, 4.69) is 42.5 Å². The maximum atomic E-state index is 9.22. The Kier molecular flexibility index (Phi) is 6.77. The standard InChI is InChI=1S/C61H36N4O2/c1-2-19-41-37(15-1)16-12-28-49(41)60-62-59(63-61(64-60)50-23-5-9-31-54(50)65-52-29-7-3-20-44(52)45-21-4-8-30-53(45)65)40-18-11-17-38(35-40)42-24-14-27-48-51-36-39(33-34-56(51)67-58(42)48)43-25-13-26-47-46-22-6-10-32-55(46)66-57(43)47/h1-36H/i3D,4D,7D,20D,21D,29D,30D. The molecule has 0 bridgehead atoms. The van der Waals surface area contributed by atoms with Crippen LogP contribution in [-0.4, -0.2) is 19.5 Å². The number of nitrogens with zero attached hydrogens (tertiary/aromatic N) is 4. The molecule has 0 unspecified atom stereocenters. The first-order chi connectivity index (χ1) is 36.1. The van der Waals surface area contributed by atoms with Crippen molar-refractivity contribution in [2.75, 3.05) is 0 Å². The van der Waals surface area contributed by atoms with E-state index in [9.17, 15) is 2.74 Å². The van der Waals surface area contributed by atoms with Crippen molar-refractivity contribution in [2.45, 2.75) is 0 Å². The Balaban J connectivity index is 0.957. The Hall–Kier alpha value is -9.13. The zero-order valence-electron chi connectivity index (χ0n) is 42.3. The Bertz CT molecular complexity index is 4730. The van der Waals surface area contributed by atoms with E-state index in [0.29, 0.717) is 28.5 Å². The summed E-state index contributed by atoms with van der Waals surface area (Å²) in [6.45, 7) is 0. The quantitative estimate of drug-likeness (QED) is 0.167. The van der Waals surface area contributed by atoms with E-state index in [-0.39, 0.29) is 57.8 Å². The number of hydrogen-bond acceptors (Lipinski definition) is 5. The van der Waals surface area contributed by atoms with Crippen molar-refractivity contribution in [3.05, 3.63) is 218 Å². The number of rotatable bonds is 6. The number of hydrogen-bond donors (Lipinski definition) is 0. The molecule has 0 aliphatic heterocycles. The molecule has 4 heterocycles. The van der Waals surface area contributed by atoms with Crippen LogP contribution < -0.4 is 0 Å². The fourth-order valence-corrected chi connectivity index (χ4v) is 9.73. The Morgan fingerprint density at radius 1 is 0.358 bits per heavy atom. The van der Waals surface area contributed by atoms with Gasteiger partial charge in [0.15, 0.2) is 17.5 Å². The molecular weight excluding hydrogens is 821 g/mol. The first-order valence-corrected chi connectivity index (χ1v) is 21.9. The average Bonchev–Trinajstić information content (AvgIpc) is 4.19. The van der Waals surface area contributed by atoms with Crippen molar-refractivity contribution in [3.8, 4) is 62.1 Å². The molecule has 67 heavy (non-hydrogen) atoms. The summed E-state index contributed by atoms with van der Waals surface area (Å²) >= 11 is 0. The molecule has 0 radical (unpaired) electrons. The molecule has 14 rings (SSSR count). The summed E-state index contributed by atoms with van der Waals surface area (Å²) in [5, 5.41) is 6.14. The molecule has 0 aliphatic rings. The van der Waals surface area contributed by atoms with Gasteiger partial charge in [0.25, 0.3) is 0 Å². The van der Waals surface area contributed by atoms with E-state index in [1.807, 2.05) is 115 Å². The van der Waals surface area contributed by atoms with Crippen LogP contribution in [-0.2, 0) is 0 Å². The second-order valence-electron chi connectivity index (χ2n) is 16.5. The van der Waals surface area contributed by atoms with Crippen molar-refractivity contribution in [3.63, 3.8) is 0 Å². The van der Waals surface area contributed by atoms with Gasteiger partial charge in [0.2, 0.25) is 0 Å². The number of para-hydroxylation sites is 6. The molecule has 10 aromatic carbocycles. The third-order valence-electron chi connectivity index (χ3n) is 12.8. The van der Waals surface area contributed by atoms with E-state index in [1.165, 1.54) is 6.07 Å².